The predicted molar refractivity (Wildman–Crippen MR) is 190 cm³/mol. The van der Waals surface area contributed by atoms with Gasteiger partial charge in [0.15, 0.2) is 0 Å². The van der Waals surface area contributed by atoms with Crippen molar-refractivity contribution in [3.63, 3.8) is 0 Å². The fourth-order valence-corrected chi connectivity index (χ4v) is 98.7. The van der Waals surface area contributed by atoms with E-state index in [0.717, 1.165) is 0 Å². The van der Waals surface area contributed by atoms with E-state index in [1.165, 1.54) is 36.3 Å². The molecular weight excluding hydrogens is 545 g/mol. The molecule has 0 aliphatic carbocycles. The van der Waals surface area contributed by atoms with Gasteiger partial charge in [-0.1, -0.05) is 220 Å². The summed E-state index contributed by atoms with van der Waals surface area (Å²) in [5.74, 6) is 0. The lowest BCUT2D eigenvalue weighted by atomic mass is 10.4. The van der Waals surface area contributed by atoms with Crippen LogP contribution in [0.5, 0.6) is 0 Å². The summed E-state index contributed by atoms with van der Waals surface area (Å²) in [5.41, 5.74) is 0. The lowest BCUT2D eigenvalue weighted by Crippen LogP contribution is -3.00. The molecule has 0 fully saturated rings. The monoisotopic (exact) mass is 594 g/mol. The maximum atomic E-state index is 2.59. The maximum Gasteiger partial charge on any atom is 0.112 e. The molecule has 0 aliphatic heterocycles. The van der Waals surface area contributed by atoms with Crippen molar-refractivity contribution >= 4 is 50.1 Å². The molecule has 0 spiro atoms. The molecule has 210 valence electrons. The van der Waals surface area contributed by atoms with E-state index in [1.807, 2.05) is 0 Å². The van der Waals surface area contributed by atoms with Crippen LogP contribution in [0.3, 0.4) is 0 Å². The second kappa shape index (κ2) is 13.2. The zero-order chi connectivity index (χ0) is 28.7. The van der Waals surface area contributed by atoms with Crippen LogP contribution >= 0.6 is 0 Å². The van der Waals surface area contributed by atoms with Gasteiger partial charge in [0.1, 0.15) is 14.2 Å². The largest absolute Gasteiger partial charge is 0.112 e. The first-order valence-corrected chi connectivity index (χ1v) is 28.0. The number of hydrogen-bond donors (Lipinski definition) is 0. The Balaban J connectivity index is 2.49. The number of rotatable bonds is 13. The third-order valence-corrected chi connectivity index (χ3v) is 73.0. The minimum Gasteiger partial charge on any atom is -0.0680 e. The molecule has 0 unspecified atom stereocenters. The molecule has 0 aromatic heterocycles. The van der Waals surface area contributed by atoms with Gasteiger partial charge in [-0.3, -0.25) is 0 Å². The molecule has 0 nitrogen and oxygen atoms in total. The van der Waals surface area contributed by atoms with Crippen molar-refractivity contribution in [2.75, 3.05) is 0 Å². The summed E-state index contributed by atoms with van der Waals surface area (Å²) in [5, 5.41) is 6.91. The van der Waals surface area contributed by atoms with Crippen molar-refractivity contribution in [1.29, 1.82) is 0 Å². The standard InChI is InChI=1S/C36H50Si4/c1-7-37(8-2,9-3)39(33-25-17-13-18-26-33,34-27-19-14-20-28-34)40(35-29-21-15-22-30-35,36-31-23-16-24-32-36)38(10-4,11-5)12-6/h13-32H,7-12H2,1-6H3. The first kappa shape index (κ1) is 30.7. The second-order valence-corrected chi connectivity index (χ2v) is 44.7. The lowest BCUT2D eigenvalue weighted by molar-refractivity contribution is 1.20. The van der Waals surface area contributed by atoms with Crippen LogP contribution in [0.15, 0.2) is 121 Å². The van der Waals surface area contributed by atoms with Crippen molar-refractivity contribution in [3.8, 4) is 0 Å². The highest BCUT2D eigenvalue weighted by atomic mass is 29.8. The highest BCUT2D eigenvalue weighted by Gasteiger charge is 2.73. The normalized spacial score (nSPS) is 12.8. The molecule has 0 radical (unpaired) electrons. The van der Waals surface area contributed by atoms with Crippen LogP contribution in [0.2, 0.25) is 36.3 Å². The molecule has 0 saturated heterocycles. The lowest BCUT2D eigenvalue weighted by Gasteiger charge is -2.64. The first-order valence-electron chi connectivity index (χ1n) is 15.8. The molecule has 0 aliphatic rings. The van der Waals surface area contributed by atoms with Crippen molar-refractivity contribution < 1.29 is 0 Å². The molecule has 4 heteroatoms. The van der Waals surface area contributed by atoms with E-state index < -0.39 is 29.4 Å². The molecular formula is C36H50Si4. The SMILES string of the molecule is CC[Si](CC)(CC)[Si](c1ccccc1)(c1ccccc1)[Si](c1ccccc1)(c1ccccc1)[Si](CC)(CC)CC. The average molecular weight is 595 g/mol. The summed E-state index contributed by atoms with van der Waals surface area (Å²) in [4.78, 5) is 0. The minimum atomic E-state index is -2.45. The minimum absolute atomic E-state index is 1.35. The van der Waals surface area contributed by atoms with Gasteiger partial charge in [-0.15, -0.1) is 0 Å². The fraction of sp³-hybridized carbons (Fsp3) is 0.333. The molecule has 4 aromatic carbocycles. The van der Waals surface area contributed by atoms with Gasteiger partial charge in [-0.05, 0) is 0 Å². The van der Waals surface area contributed by atoms with Crippen molar-refractivity contribution in [1.82, 2.24) is 0 Å². The molecule has 0 N–H and O–H groups in total. The zero-order valence-corrected chi connectivity index (χ0v) is 29.8. The molecule has 0 saturated carbocycles. The predicted octanol–water partition coefficient (Wildman–Crippen LogP) is 7.77. The topological polar surface area (TPSA) is 0 Å². The smallest absolute Gasteiger partial charge is 0.0680 e. The van der Waals surface area contributed by atoms with E-state index in [4.69, 9.17) is 0 Å². The Kier molecular flexibility index (Phi) is 10.1. The van der Waals surface area contributed by atoms with Crippen LogP contribution in [0.25, 0.3) is 0 Å². The molecule has 4 rings (SSSR count). The second-order valence-electron chi connectivity index (χ2n) is 11.6. The van der Waals surface area contributed by atoms with Crippen molar-refractivity contribution in [2.45, 2.75) is 77.8 Å². The van der Waals surface area contributed by atoms with Crippen LogP contribution in [0, 0.1) is 0 Å². The van der Waals surface area contributed by atoms with Gasteiger partial charge in [0, 0.05) is 0 Å². The summed E-state index contributed by atoms with van der Waals surface area (Å²) < 4.78 is 0. The summed E-state index contributed by atoms with van der Waals surface area (Å²) in [7, 11) is -8.70. The average Bonchev–Trinajstić information content (AvgIpc) is 3.05. The highest BCUT2D eigenvalue weighted by molar-refractivity contribution is 7.95. The molecule has 40 heavy (non-hydrogen) atoms. The Morgan fingerprint density at radius 1 is 0.300 bits per heavy atom. The van der Waals surface area contributed by atoms with E-state index in [2.05, 4.69) is 163 Å². The Morgan fingerprint density at radius 2 is 0.475 bits per heavy atom. The summed E-state index contributed by atoms with van der Waals surface area (Å²) in [6, 6.07) is 56.8. The van der Waals surface area contributed by atoms with Crippen LogP contribution in [-0.4, -0.2) is 29.4 Å². The highest BCUT2D eigenvalue weighted by Crippen LogP contribution is 2.44. The quantitative estimate of drug-likeness (QED) is 0.139. The van der Waals surface area contributed by atoms with Gasteiger partial charge in [0.2, 0.25) is 0 Å². The molecule has 0 amide bonds. The van der Waals surface area contributed by atoms with Crippen LogP contribution < -0.4 is 20.7 Å². The van der Waals surface area contributed by atoms with E-state index in [1.54, 1.807) is 20.7 Å². The van der Waals surface area contributed by atoms with E-state index in [-0.39, 0.29) is 0 Å². The Morgan fingerprint density at radius 3 is 0.625 bits per heavy atom. The zero-order valence-electron chi connectivity index (χ0n) is 25.8. The van der Waals surface area contributed by atoms with E-state index in [9.17, 15) is 0 Å². The van der Waals surface area contributed by atoms with Gasteiger partial charge in [0.25, 0.3) is 0 Å². The molecule has 4 aromatic rings. The number of hydrogen-bond acceptors (Lipinski definition) is 0. The molecule has 0 atom stereocenters. The Labute approximate surface area is 248 Å². The Bertz CT molecular complexity index is 1100. The Hall–Kier alpha value is -2.25. The summed E-state index contributed by atoms with van der Waals surface area (Å²) in [6.07, 6.45) is 0. The van der Waals surface area contributed by atoms with Crippen molar-refractivity contribution in [2.24, 2.45) is 0 Å². The molecule has 0 bridgehead atoms. The van der Waals surface area contributed by atoms with Crippen LogP contribution in [0.4, 0.5) is 0 Å². The van der Waals surface area contributed by atoms with Gasteiger partial charge >= 0.3 is 0 Å². The maximum absolute atomic E-state index is 2.59. The number of benzene rings is 4. The van der Waals surface area contributed by atoms with Gasteiger partial charge in [-0.2, -0.15) is 0 Å². The van der Waals surface area contributed by atoms with Crippen LogP contribution in [-0.2, 0) is 0 Å². The van der Waals surface area contributed by atoms with E-state index in [0.29, 0.717) is 0 Å². The van der Waals surface area contributed by atoms with Gasteiger partial charge in [-0.25, -0.2) is 0 Å². The molecule has 0 heterocycles. The fourth-order valence-electron chi connectivity index (χ4n) is 9.06. The van der Waals surface area contributed by atoms with Crippen LogP contribution in [0.1, 0.15) is 41.5 Å². The first-order chi connectivity index (χ1) is 19.5. The third-order valence-electron chi connectivity index (χ3n) is 11.0. The summed E-state index contributed by atoms with van der Waals surface area (Å²) in [6.45, 7) is 15.5. The third kappa shape index (κ3) is 4.43. The van der Waals surface area contributed by atoms with Gasteiger partial charge in [0.05, 0.1) is 15.2 Å². The summed E-state index contributed by atoms with van der Waals surface area (Å²) >= 11 is 0. The van der Waals surface area contributed by atoms with Gasteiger partial charge < -0.3 is 0 Å². The van der Waals surface area contributed by atoms with Crippen molar-refractivity contribution in [3.05, 3.63) is 121 Å². The van der Waals surface area contributed by atoms with E-state index >= 15 is 0 Å².